The summed E-state index contributed by atoms with van der Waals surface area (Å²) in [6, 6.07) is 23.4. The SMILES string of the molecule is CN1CCc2cc(NC(=O)C3(Cc4ccccc4)CCCN3C(=O)Nc3ccc(Br)cc3)ccc2C1. The summed E-state index contributed by atoms with van der Waals surface area (Å²) in [4.78, 5) is 31.6. The lowest BCUT2D eigenvalue weighted by atomic mass is 9.86. The molecule has 1 saturated heterocycles. The average Bonchev–Trinajstić information content (AvgIpc) is 3.31. The Morgan fingerprint density at radius 2 is 1.67 bits per heavy atom. The number of likely N-dealkylation sites (tertiary alicyclic amines) is 1. The third-order valence-electron chi connectivity index (χ3n) is 7.26. The van der Waals surface area contributed by atoms with Crippen molar-refractivity contribution in [3.05, 3.63) is 94.0 Å². The third-order valence-corrected chi connectivity index (χ3v) is 7.79. The fourth-order valence-electron chi connectivity index (χ4n) is 5.35. The van der Waals surface area contributed by atoms with Crippen LogP contribution in [0, 0.1) is 0 Å². The van der Waals surface area contributed by atoms with Gasteiger partial charge >= 0.3 is 6.03 Å². The summed E-state index contributed by atoms with van der Waals surface area (Å²) in [5.41, 5.74) is 4.12. The molecule has 36 heavy (non-hydrogen) atoms. The minimum Gasteiger partial charge on any atom is -0.324 e. The molecule has 2 N–H and O–H groups in total. The van der Waals surface area contributed by atoms with E-state index < -0.39 is 5.54 Å². The van der Waals surface area contributed by atoms with Crippen LogP contribution in [-0.4, -0.2) is 47.4 Å². The first-order valence-corrected chi connectivity index (χ1v) is 13.2. The van der Waals surface area contributed by atoms with Crippen LogP contribution in [0.15, 0.2) is 77.3 Å². The quantitative estimate of drug-likeness (QED) is 0.432. The summed E-state index contributed by atoms with van der Waals surface area (Å²) < 4.78 is 0.941. The summed E-state index contributed by atoms with van der Waals surface area (Å²) in [6.07, 6.45) is 2.80. The van der Waals surface area contributed by atoms with E-state index in [0.29, 0.717) is 25.1 Å². The number of urea groups is 1. The first kappa shape index (κ1) is 24.5. The molecule has 3 amide bonds. The number of carbonyl (C=O) groups excluding carboxylic acids is 2. The van der Waals surface area contributed by atoms with Crippen LogP contribution >= 0.6 is 15.9 Å². The Kier molecular flexibility index (Phi) is 7.12. The summed E-state index contributed by atoms with van der Waals surface area (Å²) in [7, 11) is 2.12. The predicted octanol–water partition coefficient (Wildman–Crippen LogP) is 5.68. The molecule has 0 bridgehead atoms. The maximum absolute atomic E-state index is 14.0. The first-order chi connectivity index (χ1) is 17.4. The van der Waals surface area contributed by atoms with Gasteiger partial charge in [-0.05, 0) is 79.4 Å². The van der Waals surface area contributed by atoms with Crippen LogP contribution in [0.25, 0.3) is 0 Å². The maximum Gasteiger partial charge on any atom is 0.322 e. The second-order valence-electron chi connectivity index (χ2n) is 9.81. The molecule has 0 aliphatic carbocycles. The highest BCUT2D eigenvalue weighted by molar-refractivity contribution is 9.10. The number of hydrogen-bond acceptors (Lipinski definition) is 3. The number of carbonyl (C=O) groups is 2. The van der Waals surface area contributed by atoms with Crippen molar-refractivity contribution in [2.24, 2.45) is 0 Å². The van der Waals surface area contributed by atoms with Crippen LogP contribution < -0.4 is 10.6 Å². The number of halogens is 1. The number of rotatable bonds is 5. The first-order valence-electron chi connectivity index (χ1n) is 12.4. The Morgan fingerprint density at radius 3 is 2.44 bits per heavy atom. The largest absolute Gasteiger partial charge is 0.324 e. The van der Waals surface area contributed by atoms with Gasteiger partial charge in [0.15, 0.2) is 0 Å². The molecule has 1 atom stereocenters. The number of amides is 3. The third kappa shape index (κ3) is 5.18. The molecule has 2 aliphatic heterocycles. The lowest BCUT2D eigenvalue weighted by molar-refractivity contribution is -0.125. The zero-order chi connectivity index (χ0) is 25.1. The highest BCUT2D eigenvalue weighted by Gasteiger charge is 2.49. The molecule has 2 aliphatic rings. The van der Waals surface area contributed by atoms with Gasteiger partial charge in [-0.2, -0.15) is 0 Å². The fourth-order valence-corrected chi connectivity index (χ4v) is 5.62. The van der Waals surface area contributed by atoms with E-state index in [-0.39, 0.29) is 11.9 Å². The number of anilines is 2. The number of hydrogen-bond donors (Lipinski definition) is 2. The van der Waals surface area contributed by atoms with Crippen molar-refractivity contribution in [1.29, 1.82) is 0 Å². The highest BCUT2D eigenvalue weighted by atomic mass is 79.9. The van der Waals surface area contributed by atoms with Crippen molar-refractivity contribution in [3.8, 4) is 0 Å². The van der Waals surface area contributed by atoms with Gasteiger partial charge in [-0.25, -0.2) is 4.79 Å². The van der Waals surface area contributed by atoms with Crippen LogP contribution in [0.5, 0.6) is 0 Å². The molecule has 6 nitrogen and oxygen atoms in total. The minimum atomic E-state index is -0.975. The number of benzene rings is 3. The Balaban J connectivity index is 1.42. The van der Waals surface area contributed by atoms with Crippen molar-refractivity contribution < 1.29 is 9.59 Å². The molecule has 0 aromatic heterocycles. The molecule has 5 rings (SSSR count). The zero-order valence-corrected chi connectivity index (χ0v) is 22.1. The Morgan fingerprint density at radius 1 is 0.917 bits per heavy atom. The van der Waals surface area contributed by atoms with Crippen molar-refractivity contribution >= 4 is 39.2 Å². The second-order valence-corrected chi connectivity index (χ2v) is 10.7. The van der Waals surface area contributed by atoms with Gasteiger partial charge in [-0.1, -0.05) is 52.3 Å². The van der Waals surface area contributed by atoms with Crippen molar-refractivity contribution in [2.75, 3.05) is 30.8 Å². The Labute approximate surface area is 220 Å². The highest BCUT2D eigenvalue weighted by Crippen LogP contribution is 2.35. The zero-order valence-electron chi connectivity index (χ0n) is 20.5. The Bertz CT molecular complexity index is 1250. The molecule has 0 radical (unpaired) electrons. The number of nitrogens with one attached hydrogen (secondary N) is 2. The van der Waals surface area contributed by atoms with Gasteiger partial charge in [0, 0.05) is 41.9 Å². The van der Waals surface area contributed by atoms with E-state index in [4.69, 9.17) is 0 Å². The fraction of sp³-hybridized carbons (Fsp3) is 0.310. The van der Waals surface area contributed by atoms with Crippen LogP contribution in [0.1, 0.15) is 29.5 Å². The van der Waals surface area contributed by atoms with E-state index in [1.807, 2.05) is 60.7 Å². The number of nitrogens with zero attached hydrogens (tertiary/aromatic N) is 2. The lowest BCUT2D eigenvalue weighted by Gasteiger charge is -2.37. The molecule has 0 saturated carbocycles. The van der Waals surface area contributed by atoms with Crippen molar-refractivity contribution in [3.63, 3.8) is 0 Å². The van der Waals surface area contributed by atoms with Crippen LogP contribution in [0.4, 0.5) is 16.2 Å². The van der Waals surface area contributed by atoms with E-state index in [2.05, 4.69) is 50.6 Å². The molecule has 0 spiro atoms. The monoisotopic (exact) mass is 546 g/mol. The van der Waals surface area contributed by atoms with Crippen LogP contribution in [-0.2, 0) is 24.2 Å². The smallest absolute Gasteiger partial charge is 0.322 e. The molecule has 7 heteroatoms. The van der Waals surface area contributed by atoms with Crippen molar-refractivity contribution in [2.45, 2.75) is 37.8 Å². The maximum atomic E-state index is 14.0. The lowest BCUT2D eigenvalue weighted by Crippen LogP contribution is -2.57. The van der Waals surface area contributed by atoms with E-state index in [1.165, 1.54) is 11.1 Å². The molecule has 3 aromatic carbocycles. The number of likely N-dealkylation sites (N-methyl/N-ethyl adjacent to an activating group) is 1. The van der Waals surface area contributed by atoms with Gasteiger partial charge in [0.05, 0.1) is 0 Å². The van der Waals surface area contributed by atoms with Crippen LogP contribution in [0.2, 0.25) is 0 Å². The van der Waals surface area contributed by atoms with E-state index in [0.717, 1.165) is 41.7 Å². The average molecular weight is 547 g/mol. The molecular weight excluding hydrogens is 516 g/mol. The van der Waals surface area contributed by atoms with Gasteiger partial charge in [0.1, 0.15) is 5.54 Å². The number of fused-ring (bicyclic) bond motifs is 1. The molecule has 2 heterocycles. The second kappa shape index (κ2) is 10.4. The van der Waals surface area contributed by atoms with Gasteiger partial charge < -0.3 is 20.4 Å². The summed E-state index contributed by atoms with van der Waals surface area (Å²) >= 11 is 3.43. The van der Waals surface area contributed by atoms with Gasteiger partial charge in [-0.3, -0.25) is 4.79 Å². The van der Waals surface area contributed by atoms with E-state index in [9.17, 15) is 9.59 Å². The molecule has 1 unspecified atom stereocenters. The van der Waals surface area contributed by atoms with Gasteiger partial charge in [-0.15, -0.1) is 0 Å². The molecular formula is C29H31BrN4O2. The normalized spacial score (nSPS) is 19.6. The summed E-state index contributed by atoms with van der Waals surface area (Å²) in [5, 5.41) is 6.18. The summed E-state index contributed by atoms with van der Waals surface area (Å²) in [6.45, 7) is 2.46. The molecule has 1 fully saturated rings. The van der Waals surface area contributed by atoms with Crippen LogP contribution in [0.3, 0.4) is 0 Å². The summed E-state index contributed by atoms with van der Waals surface area (Å²) in [5.74, 6) is -0.136. The predicted molar refractivity (Wildman–Crippen MR) is 147 cm³/mol. The van der Waals surface area contributed by atoms with E-state index in [1.54, 1.807) is 4.90 Å². The Hall–Kier alpha value is -3.16. The minimum absolute atomic E-state index is 0.136. The van der Waals surface area contributed by atoms with Gasteiger partial charge in [0.2, 0.25) is 0 Å². The topological polar surface area (TPSA) is 64.7 Å². The standard InChI is InChI=1S/C29H31BrN4O2/c1-33-17-14-22-18-26(11-8-23(22)20-33)31-27(35)29(19-21-6-3-2-4-7-21)15-5-16-34(29)28(36)32-25-12-9-24(30)10-13-25/h2-4,6-13,18H,5,14-17,19-20H2,1H3,(H,31,35)(H,32,36). The van der Waals surface area contributed by atoms with Crippen molar-refractivity contribution in [1.82, 2.24) is 9.80 Å². The molecule has 186 valence electrons. The van der Waals surface area contributed by atoms with E-state index >= 15 is 0 Å². The van der Waals surface area contributed by atoms with Gasteiger partial charge in [0.25, 0.3) is 5.91 Å². The molecule has 3 aromatic rings.